The van der Waals surface area contributed by atoms with E-state index < -0.39 is 0 Å². The third-order valence-electron chi connectivity index (χ3n) is 4.02. The van der Waals surface area contributed by atoms with Crippen LogP contribution in [-0.2, 0) is 0 Å². The average Bonchev–Trinajstić information content (AvgIpc) is 2.55. The van der Waals surface area contributed by atoms with Crippen LogP contribution in [0.15, 0.2) is 36.9 Å². The van der Waals surface area contributed by atoms with Gasteiger partial charge in [0.2, 0.25) is 0 Å². The lowest BCUT2D eigenvalue weighted by molar-refractivity contribution is 0.409. The van der Waals surface area contributed by atoms with E-state index in [4.69, 9.17) is 0 Å². The third kappa shape index (κ3) is 7.54. The van der Waals surface area contributed by atoms with Gasteiger partial charge in [0.15, 0.2) is 0 Å². The Morgan fingerprint density at radius 2 is 1.61 bits per heavy atom. The molecular formula is C22H35N. The van der Waals surface area contributed by atoms with Crippen LogP contribution in [-0.4, -0.2) is 6.04 Å². The number of allylic oxidation sites excluding steroid dienone is 1. The average molecular weight is 314 g/mol. The molecule has 0 amide bonds. The monoisotopic (exact) mass is 313 g/mol. The second kappa shape index (κ2) is 9.60. The highest BCUT2D eigenvalue weighted by Crippen LogP contribution is 2.21. The Balaban J connectivity index is 0.00000127. The van der Waals surface area contributed by atoms with Crippen molar-refractivity contribution in [2.45, 2.75) is 72.8 Å². The van der Waals surface area contributed by atoms with Gasteiger partial charge in [-0.25, -0.2) is 0 Å². The van der Waals surface area contributed by atoms with E-state index in [1.807, 2.05) is 13.8 Å². The molecule has 0 bridgehead atoms. The largest absolute Gasteiger partial charge is 0.382 e. The van der Waals surface area contributed by atoms with Crippen LogP contribution in [0.5, 0.6) is 0 Å². The Bertz CT molecular complexity index is 482. The summed E-state index contributed by atoms with van der Waals surface area (Å²) < 4.78 is 0. The first-order chi connectivity index (χ1) is 10.9. The molecule has 0 spiro atoms. The fourth-order valence-electron chi connectivity index (χ4n) is 2.72. The van der Waals surface area contributed by atoms with Crippen LogP contribution >= 0.6 is 0 Å². The van der Waals surface area contributed by atoms with E-state index >= 15 is 0 Å². The SMILES string of the molecule is C=C(NC1CCCCC1)c1ccc(/C=C/C(C)(C)C)cc1.CC. The summed E-state index contributed by atoms with van der Waals surface area (Å²) in [6.07, 6.45) is 11.1. The number of hydrogen-bond donors (Lipinski definition) is 1. The van der Waals surface area contributed by atoms with E-state index in [1.54, 1.807) is 0 Å². The molecule has 0 aliphatic heterocycles. The number of hydrogen-bond acceptors (Lipinski definition) is 1. The van der Waals surface area contributed by atoms with Gasteiger partial charge < -0.3 is 5.32 Å². The molecule has 1 saturated carbocycles. The molecule has 23 heavy (non-hydrogen) atoms. The topological polar surface area (TPSA) is 12.0 Å². The maximum Gasteiger partial charge on any atom is 0.0342 e. The van der Waals surface area contributed by atoms with Crippen molar-refractivity contribution >= 4 is 11.8 Å². The summed E-state index contributed by atoms with van der Waals surface area (Å²) in [5.41, 5.74) is 3.74. The van der Waals surface area contributed by atoms with Crippen LogP contribution in [0.25, 0.3) is 11.8 Å². The van der Waals surface area contributed by atoms with E-state index in [-0.39, 0.29) is 5.41 Å². The van der Waals surface area contributed by atoms with Gasteiger partial charge in [0.05, 0.1) is 0 Å². The predicted molar refractivity (Wildman–Crippen MR) is 105 cm³/mol. The lowest BCUT2D eigenvalue weighted by Crippen LogP contribution is -2.29. The quantitative estimate of drug-likeness (QED) is 0.655. The molecule has 1 aromatic carbocycles. The van der Waals surface area contributed by atoms with Gasteiger partial charge in [-0.2, -0.15) is 0 Å². The van der Waals surface area contributed by atoms with Crippen molar-refractivity contribution in [3.05, 3.63) is 48.0 Å². The molecular weight excluding hydrogens is 278 g/mol. The van der Waals surface area contributed by atoms with Gasteiger partial charge in [-0.15, -0.1) is 0 Å². The highest BCUT2D eigenvalue weighted by Gasteiger charge is 2.13. The maximum atomic E-state index is 4.20. The Hall–Kier alpha value is -1.50. The van der Waals surface area contributed by atoms with E-state index in [0.29, 0.717) is 6.04 Å². The number of benzene rings is 1. The van der Waals surface area contributed by atoms with Crippen molar-refractivity contribution in [3.63, 3.8) is 0 Å². The summed E-state index contributed by atoms with van der Waals surface area (Å²) in [6.45, 7) is 14.9. The molecule has 1 N–H and O–H groups in total. The number of rotatable bonds is 4. The zero-order chi connectivity index (χ0) is 17.3. The van der Waals surface area contributed by atoms with E-state index in [0.717, 1.165) is 5.70 Å². The molecule has 0 aromatic heterocycles. The number of nitrogens with one attached hydrogen (secondary N) is 1. The highest BCUT2D eigenvalue weighted by atomic mass is 14.9. The van der Waals surface area contributed by atoms with Crippen LogP contribution in [0.2, 0.25) is 0 Å². The van der Waals surface area contributed by atoms with E-state index in [9.17, 15) is 0 Å². The molecule has 0 heterocycles. The lowest BCUT2D eigenvalue weighted by atomic mass is 9.94. The summed E-state index contributed by atoms with van der Waals surface area (Å²) in [7, 11) is 0. The Kier molecular flexibility index (Phi) is 8.16. The van der Waals surface area contributed by atoms with Crippen molar-refractivity contribution in [3.8, 4) is 0 Å². The lowest BCUT2D eigenvalue weighted by Gasteiger charge is -2.25. The van der Waals surface area contributed by atoms with E-state index in [2.05, 4.69) is 69.1 Å². The molecule has 0 atom stereocenters. The van der Waals surface area contributed by atoms with Crippen molar-refractivity contribution < 1.29 is 0 Å². The highest BCUT2D eigenvalue weighted by molar-refractivity contribution is 5.64. The Morgan fingerprint density at radius 1 is 1.04 bits per heavy atom. The van der Waals surface area contributed by atoms with Gasteiger partial charge in [0.25, 0.3) is 0 Å². The fourth-order valence-corrected chi connectivity index (χ4v) is 2.72. The summed E-state index contributed by atoms with van der Waals surface area (Å²) in [4.78, 5) is 0. The second-order valence-electron chi connectivity index (χ2n) is 7.28. The second-order valence-corrected chi connectivity index (χ2v) is 7.28. The zero-order valence-corrected chi connectivity index (χ0v) is 15.8. The smallest absolute Gasteiger partial charge is 0.0342 e. The Morgan fingerprint density at radius 3 is 2.13 bits per heavy atom. The van der Waals surface area contributed by atoms with Gasteiger partial charge in [0.1, 0.15) is 0 Å². The molecule has 1 aliphatic rings. The van der Waals surface area contributed by atoms with Gasteiger partial charge >= 0.3 is 0 Å². The molecule has 0 radical (unpaired) electrons. The first-order valence-corrected chi connectivity index (χ1v) is 9.19. The van der Waals surface area contributed by atoms with Crippen molar-refractivity contribution in [2.75, 3.05) is 0 Å². The first kappa shape index (κ1) is 19.5. The van der Waals surface area contributed by atoms with Crippen LogP contribution in [0, 0.1) is 5.41 Å². The zero-order valence-electron chi connectivity index (χ0n) is 15.8. The Labute approximate surface area is 143 Å². The minimum atomic E-state index is 0.227. The standard InChI is InChI=1S/C20H29N.C2H6/c1-16(21-19-8-6-5-7-9-19)18-12-10-17(11-13-18)14-15-20(2,3)4;1-2/h10-15,19,21H,1,5-9H2,2-4H3;1-2H3/b15-14+;. The molecule has 1 aliphatic carbocycles. The van der Waals surface area contributed by atoms with Crippen LogP contribution < -0.4 is 5.32 Å². The molecule has 0 saturated heterocycles. The minimum absolute atomic E-state index is 0.227. The molecule has 1 aromatic rings. The van der Waals surface area contributed by atoms with E-state index in [1.165, 1.54) is 43.2 Å². The summed E-state index contributed by atoms with van der Waals surface area (Å²) in [5.74, 6) is 0. The van der Waals surface area contributed by atoms with Gasteiger partial charge in [-0.05, 0) is 29.4 Å². The van der Waals surface area contributed by atoms with Gasteiger partial charge in [-0.1, -0.05) is 96.9 Å². The van der Waals surface area contributed by atoms with Crippen LogP contribution in [0.4, 0.5) is 0 Å². The minimum Gasteiger partial charge on any atom is -0.382 e. The molecule has 1 heteroatoms. The van der Waals surface area contributed by atoms with Crippen molar-refractivity contribution in [1.82, 2.24) is 5.32 Å². The van der Waals surface area contributed by atoms with Crippen molar-refractivity contribution in [2.24, 2.45) is 5.41 Å². The molecule has 2 rings (SSSR count). The predicted octanol–water partition coefficient (Wildman–Crippen LogP) is 6.67. The van der Waals surface area contributed by atoms with Crippen LogP contribution in [0.1, 0.15) is 77.8 Å². The summed E-state index contributed by atoms with van der Waals surface area (Å²) in [6, 6.07) is 9.30. The molecule has 1 fully saturated rings. The summed E-state index contributed by atoms with van der Waals surface area (Å²) in [5, 5.41) is 3.60. The van der Waals surface area contributed by atoms with Gasteiger partial charge in [0, 0.05) is 11.7 Å². The van der Waals surface area contributed by atoms with Crippen molar-refractivity contribution in [1.29, 1.82) is 0 Å². The van der Waals surface area contributed by atoms with Gasteiger partial charge in [-0.3, -0.25) is 0 Å². The molecule has 0 unspecified atom stereocenters. The normalized spacial score (nSPS) is 15.9. The summed E-state index contributed by atoms with van der Waals surface area (Å²) >= 11 is 0. The third-order valence-corrected chi connectivity index (χ3v) is 4.02. The molecule has 128 valence electrons. The fraction of sp³-hybridized carbons (Fsp3) is 0.545. The molecule has 1 nitrogen and oxygen atoms in total. The first-order valence-electron chi connectivity index (χ1n) is 9.19. The maximum absolute atomic E-state index is 4.20. The van der Waals surface area contributed by atoms with Crippen LogP contribution in [0.3, 0.4) is 0 Å².